The number of benzene rings is 1. The van der Waals surface area contributed by atoms with E-state index in [2.05, 4.69) is 0 Å². The highest BCUT2D eigenvalue weighted by atomic mass is 33.1. The van der Waals surface area contributed by atoms with Gasteiger partial charge in [-0.2, -0.15) is 0 Å². The summed E-state index contributed by atoms with van der Waals surface area (Å²) >= 11 is 0. The smallest absolute Gasteiger partial charge is 0.336 e. The van der Waals surface area contributed by atoms with E-state index in [4.69, 9.17) is 10.2 Å². The Hall–Kier alpha value is -1.14. The van der Waals surface area contributed by atoms with Gasteiger partial charge in [0.2, 0.25) is 0 Å². The predicted octanol–water partition coefficient (Wildman–Crippen LogP) is 2.21. The SMILES string of the molecule is O=C(O)CSSc1ccccc1C(=O)O. The van der Waals surface area contributed by atoms with Crippen molar-refractivity contribution in [2.45, 2.75) is 4.90 Å². The molecule has 4 nitrogen and oxygen atoms in total. The lowest BCUT2D eigenvalue weighted by Crippen LogP contribution is -1.98. The van der Waals surface area contributed by atoms with Gasteiger partial charge in [0.25, 0.3) is 0 Å². The Balaban J connectivity index is 2.67. The molecule has 0 saturated heterocycles. The third kappa shape index (κ3) is 3.85. The van der Waals surface area contributed by atoms with E-state index in [1.54, 1.807) is 18.2 Å². The highest BCUT2D eigenvalue weighted by molar-refractivity contribution is 8.76. The lowest BCUT2D eigenvalue weighted by atomic mass is 10.2. The van der Waals surface area contributed by atoms with E-state index in [1.807, 2.05) is 0 Å². The summed E-state index contributed by atoms with van der Waals surface area (Å²) in [5.74, 6) is -1.98. The van der Waals surface area contributed by atoms with Gasteiger partial charge >= 0.3 is 11.9 Å². The van der Waals surface area contributed by atoms with Crippen LogP contribution in [0.15, 0.2) is 29.2 Å². The molecular weight excluding hydrogens is 236 g/mol. The maximum absolute atomic E-state index is 10.8. The van der Waals surface area contributed by atoms with Crippen molar-refractivity contribution in [2.24, 2.45) is 0 Å². The van der Waals surface area contributed by atoms with Gasteiger partial charge in [-0.05, 0) is 12.1 Å². The average molecular weight is 244 g/mol. The Morgan fingerprint density at radius 3 is 2.47 bits per heavy atom. The number of carboxylic acids is 2. The lowest BCUT2D eigenvalue weighted by molar-refractivity contribution is -0.133. The average Bonchev–Trinajstić information content (AvgIpc) is 2.17. The number of hydrogen-bond donors (Lipinski definition) is 2. The fraction of sp³-hybridized carbons (Fsp3) is 0.111. The Bertz CT molecular complexity index is 378. The Kier molecular flexibility index (Phi) is 4.51. The minimum atomic E-state index is -1.01. The monoisotopic (exact) mass is 244 g/mol. The molecule has 6 heteroatoms. The molecule has 2 N–H and O–H groups in total. The van der Waals surface area contributed by atoms with Gasteiger partial charge < -0.3 is 10.2 Å². The second-order valence-electron chi connectivity index (χ2n) is 2.54. The van der Waals surface area contributed by atoms with E-state index in [1.165, 1.54) is 6.07 Å². The van der Waals surface area contributed by atoms with E-state index in [0.717, 1.165) is 21.6 Å². The maximum atomic E-state index is 10.8. The van der Waals surface area contributed by atoms with Crippen LogP contribution in [-0.4, -0.2) is 27.9 Å². The molecule has 0 fully saturated rings. The third-order valence-electron chi connectivity index (χ3n) is 1.45. The number of rotatable bonds is 5. The van der Waals surface area contributed by atoms with Crippen LogP contribution in [0, 0.1) is 0 Å². The van der Waals surface area contributed by atoms with Gasteiger partial charge in [0, 0.05) is 4.90 Å². The Labute approximate surface area is 94.1 Å². The van der Waals surface area contributed by atoms with Crippen LogP contribution in [0.5, 0.6) is 0 Å². The second-order valence-corrected chi connectivity index (χ2v) is 4.88. The molecule has 0 aromatic heterocycles. The van der Waals surface area contributed by atoms with Crippen molar-refractivity contribution in [1.82, 2.24) is 0 Å². The van der Waals surface area contributed by atoms with Gasteiger partial charge in [0.15, 0.2) is 0 Å². The van der Waals surface area contributed by atoms with Crippen LogP contribution in [-0.2, 0) is 4.79 Å². The van der Waals surface area contributed by atoms with Crippen molar-refractivity contribution in [1.29, 1.82) is 0 Å². The highest BCUT2D eigenvalue weighted by Gasteiger charge is 2.10. The largest absolute Gasteiger partial charge is 0.481 e. The van der Waals surface area contributed by atoms with Crippen LogP contribution >= 0.6 is 21.6 Å². The van der Waals surface area contributed by atoms with Crippen molar-refractivity contribution in [3.63, 3.8) is 0 Å². The maximum Gasteiger partial charge on any atom is 0.336 e. The number of carbonyl (C=O) groups is 2. The zero-order valence-corrected chi connectivity index (χ0v) is 9.18. The Morgan fingerprint density at radius 1 is 1.20 bits per heavy atom. The second kappa shape index (κ2) is 5.67. The minimum Gasteiger partial charge on any atom is -0.481 e. The molecule has 0 bridgehead atoms. The van der Waals surface area contributed by atoms with Crippen molar-refractivity contribution in [3.05, 3.63) is 29.8 Å². The van der Waals surface area contributed by atoms with Gasteiger partial charge in [-0.25, -0.2) is 4.79 Å². The first-order valence-electron chi connectivity index (χ1n) is 3.95. The molecule has 1 aromatic rings. The number of aromatic carboxylic acids is 1. The van der Waals surface area contributed by atoms with Crippen LogP contribution in [0.1, 0.15) is 10.4 Å². The summed E-state index contributed by atoms with van der Waals surface area (Å²) < 4.78 is 0. The summed E-state index contributed by atoms with van der Waals surface area (Å²) in [6.07, 6.45) is 0. The summed E-state index contributed by atoms with van der Waals surface area (Å²) in [6.45, 7) is 0. The molecule has 0 atom stereocenters. The van der Waals surface area contributed by atoms with Crippen LogP contribution in [0.2, 0.25) is 0 Å². The zero-order chi connectivity index (χ0) is 11.3. The summed E-state index contributed by atoms with van der Waals surface area (Å²) in [5.41, 5.74) is 0.195. The molecule has 15 heavy (non-hydrogen) atoms. The van der Waals surface area contributed by atoms with E-state index in [9.17, 15) is 9.59 Å². The first-order valence-corrected chi connectivity index (χ1v) is 6.26. The number of aliphatic carboxylic acids is 1. The van der Waals surface area contributed by atoms with Gasteiger partial charge in [-0.3, -0.25) is 4.79 Å². The molecule has 0 aliphatic heterocycles. The van der Waals surface area contributed by atoms with Crippen molar-refractivity contribution < 1.29 is 19.8 Å². The summed E-state index contributed by atoms with van der Waals surface area (Å²) in [6, 6.07) is 6.50. The topological polar surface area (TPSA) is 74.6 Å². The van der Waals surface area contributed by atoms with Gasteiger partial charge in [-0.1, -0.05) is 33.7 Å². The van der Waals surface area contributed by atoms with Gasteiger partial charge in [0.1, 0.15) is 5.75 Å². The van der Waals surface area contributed by atoms with Crippen LogP contribution in [0.3, 0.4) is 0 Å². The molecule has 0 spiro atoms. The predicted molar refractivity (Wildman–Crippen MR) is 59.4 cm³/mol. The van der Waals surface area contributed by atoms with Crippen LogP contribution < -0.4 is 0 Å². The van der Waals surface area contributed by atoms with Gasteiger partial charge in [-0.15, -0.1) is 0 Å². The van der Waals surface area contributed by atoms with Gasteiger partial charge in [0.05, 0.1) is 5.56 Å². The highest BCUT2D eigenvalue weighted by Crippen LogP contribution is 2.33. The van der Waals surface area contributed by atoms with E-state index in [0.29, 0.717) is 4.90 Å². The van der Waals surface area contributed by atoms with E-state index in [-0.39, 0.29) is 11.3 Å². The number of carboxylic acid groups (broad SMARTS) is 2. The van der Waals surface area contributed by atoms with Crippen LogP contribution in [0.25, 0.3) is 0 Å². The van der Waals surface area contributed by atoms with Crippen molar-refractivity contribution >= 4 is 33.5 Å². The molecule has 0 aliphatic carbocycles. The molecule has 0 aliphatic rings. The number of hydrogen-bond acceptors (Lipinski definition) is 4. The molecule has 1 aromatic carbocycles. The standard InChI is InChI=1S/C9H8O4S2/c10-8(11)5-14-15-7-4-2-1-3-6(7)9(12)13/h1-4H,5H2,(H,10,11)(H,12,13). The first-order chi connectivity index (χ1) is 7.11. The normalized spacial score (nSPS) is 9.87. The molecule has 1 rings (SSSR count). The molecule has 80 valence electrons. The molecule has 0 radical (unpaired) electrons. The first kappa shape index (κ1) is 11.9. The summed E-state index contributed by atoms with van der Waals surface area (Å²) in [7, 11) is 2.26. The fourth-order valence-corrected chi connectivity index (χ4v) is 2.82. The van der Waals surface area contributed by atoms with E-state index < -0.39 is 11.9 Å². The van der Waals surface area contributed by atoms with Crippen LogP contribution in [0.4, 0.5) is 0 Å². The van der Waals surface area contributed by atoms with Crippen molar-refractivity contribution in [2.75, 3.05) is 5.75 Å². The fourth-order valence-electron chi connectivity index (χ4n) is 0.859. The molecular formula is C9H8O4S2. The Morgan fingerprint density at radius 2 is 1.87 bits per heavy atom. The minimum absolute atomic E-state index is 0.0569. The molecule has 0 saturated carbocycles. The molecule has 0 unspecified atom stereocenters. The third-order valence-corrected chi connectivity index (χ3v) is 3.71. The lowest BCUT2D eigenvalue weighted by Gasteiger charge is -2.02. The quantitative estimate of drug-likeness (QED) is 0.773. The molecule has 0 heterocycles. The summed E-state index contributed by atoms with van der Waals surface area (Å²) in [5, 5.41) is 17.3. The summed E-state index contributed by atoms with van der Waals surface area (Å²) in [4.78, 5) is 21.6. The zero-order valence-electron chi connectivity index (χ0n) is 7.54. The molecule has 0 amide bonds. The van der Waals surface area contributed by atoms with E-state index >= 15 is 0 Å². The van der Waals surface area contributed by atoms with Crippen molar-refractivity contribution in [3.8, 4) is 0 Å².